The van der Waals surface area contributed by atoms with Crippen molar-refractivity contribution < 1.29 is 19.1 Å². The number of hydrogen-bond acceptors (Lipinski definition) is 4. The summed E-state index contributed by atoms with van der Waals surface area (Å²) in [5, 5.41) is 3.35. The van der Waals surface area contributed by atoms with E-state index in [1.807, 2.05) is 45.0 Å². The molecule has 3 rings (SSSR count). The predicted molar refractivity (Wildman–Crippen MR) is 108 cm³/mol. The molecule has 0 radical (unpaired) electrons. The molecule has 0 aliphatic carbocycles. The van der Waals surface area contributed by atoms with E-state index in [0.717, 1.165) is 11.1 Å². The van der Waals surface area contributed by atoms with Crippen molar-refractivity contribution in [1.82, 2.24) is 15.8 Å². The third kappa shape index (κ3) is 4.08. The van der Waals surface area contributed by atoms with Crippen molar-refractivity contribution in [3.63, 3.8) is 0 Å². The fourth-order valence-corrected chi connectivity index (χ4v) is 3.25. The van der Waals surface area contributed by atoms with E-state index < -0.39 is 23.4 Å². The zero-order valence-corrected chi connectivity index (χ0v) is 17.0. The number of hydrazine groups is 1. The van der Waals surface area contributed by atoms with Crippen LogP contribution in [0.5, 0.6) is 5.75 Å². The standard InChI is InChI=1S/C22H25N3O4/c1-14(2)17-11-10-15(3)12-18(17)29-13-19(26)24-25-20(27)22(4,23-21(25)28)16-8-6-5-7-9-16/h5-12,14H,13H2,1-4H3,(H,23,28)(H,24,26)/t22-/m1/s1. The van der Waals surface area contributed by atoms with Crippen LogP contribution in [0.3, 0.4) is 0 Å². The number of aryl methyl sites for hydroxylation is 1. The number of benzene rings is 2. The summed E-state index contributed by atoms with van der Waals surface area (Å²) in [4.78, 5) is 37.5. The number of carbonyl (C=O) groups is 3. The van der Waals surface area contributed by atoms with E-state index in [2.05, 4.69) is 10.7 Å². The van der Waals surface area contributed by atoms with Crippen LogP contribution in [-0.4, -0.2) is 29.5 Å². The maximum Gasteiger partial charge on any atom is 0.344 e. The molecule has 0 saturated carbocycles. The second kappa shape index (κ2) is 7.95. The Morgan fingerprint density at radius 3 is 2.52 bits per heavy atom. The monoisotopic (exact) mass is 395 g/mol. The maximum atomic E-state index is 12.8. The van der Waals surface area contributed by atoms with E-state index in [-0.39, 0.29) is 12.5 Å². The van der Waals surface area contributed by atoms with Gasteiger partial charge in [-0.15, -0.1) is 0 Å². The second-order valence-electron chi connectivity index (χ2n) is 7.58. The molecule has 1 aliphatic rings. The van der Waals surface area contributed by atoms with Crippen LogP contribution in [-0.2, 0) is 15.1 Å². The highest BCUT2D eigenvalue weighted by Gasteiger charge is 2.49. The Kier molecular flexibility index (Phi) is 5.59. The Bertz CT molecular complexity index is 942. The summed E-state index contributed by atoms with van der Waals surface area (Å²) >= 11 is 0. The van der Waals surface area contributed by atoms with Crippen molar-refractivity contribution in [3.05, 3.63) is 65.2 Å². The highest BCUT2D eigenvalue weighted by molar-refractivity contribution is 6.08. The zero-order chi connectivity index (χ0) is 21.2. The SMILES string of the molecule is Cc1ccc(C(C)C)c(OCC(=O)NN2C(=O)N[C@](C)(c3ccccc3)C2=O)c1. The lowest BCUT2D eigenvalue weighted by molar-refractivity contribution is -0.139. The van der Waals surface area contributed by atoms with Crippen molar-refractivity contribution in [2.45, 2.75) is 39.2 Å². The van der Waals surface area contributed by atoms with Gasteiger partial charge in [0.1, 0.15) is 11.3 Å². The van der Waals surface area contributed by atoms with Gasteiger partial charge in [-0.25, -0.2) is 4.79 Å². The minimum Gasteiger partial charge on any atom is -0.483 e. The quantitative estimate of drug-likeness (QED) is 0.736. The molecule has 7 nitrogen and oxygen atoms in total. The van der Waals surface area contributed by atoms with Gasteiger partial charge in [-0.3, -0.25) is 15.0 Å². The fourth-order valence-electron chi connectivity index (χ4n) is 3.25. The van der Waals surface area contributed by atoms with E-state index in [9.17, 15) is 14.4 Å². The normalized spacial score (nSPS) is 18.7. The minimum atomic E-state index is -1.24. The topological polar surface area (TPSA) is 87.7 Å². The molecule has 29 heavy (non-hydrogen) atoms. The van der Waals surface area contributed by atoms with Crippen LogP contribution >= 0.6 is 0 Å². The minimum absolute atomic E-state index is 0.228. The molecule has 0 bridgehead atoms. The molecule has 1 fully saturated rings. The molecular weight excluding hydrogens is 370 g/mol. The van der Waals surface area contributed by atoms with Gasteiger partial charge in [0, 0.05) is 0 Å². The Morgan fingerprint density at radius 2 is 1.86 bits per heavy atom. The molecule has 2 N–H and O–H groups in total. The molecule has 7 heteroatoms. The van der Waals surface area contributed by atoms with Crippen LogP contribution in [0.1, 0.15) is 43.4 Å². The van der Waals surface area contributed by atoms with Crippen molar-refractivity contribution in [1.29, 1.82) is 0 Å². The van der Waals surface area contributed by atoms with Crippen LogP contribution in [0.25, 0.3) is 0 Å². The van der Waals surface area contributed by atoms with Gasteiger partial charge in [0.25, 0.3) is 11.8 Å². The van der Waals surface area contributed by atoms with Gasteiger partial charge in [-0.2, -0.15) is 5.01 Å². The summed E-state index contributed by atoms with van der Waals surface area (Å²) in [7, 11) is 0. The van der Waals surface area contributed by atoms with Crippen molar-refractivity contribution >= 4 is 17.8 Å². The average Bonchev–Trinajstić information content (AvgIpc) is 2.91. The number of nitrogens with one attached hydrogen (secondary N) is 2. The van der Waals surface area contributed by atoms with Gasteiger partial charge >= 0.3 is 6.03 Å². The van der Waals surface area contributed by atoms with E-state index in [0.29, 0.717) is 16.3 Å². The summed E-state index contributed by atoms with van der Waals surface area (Å²) in [5.74, 6) is -0.310. The van der Waals surface area contributed by atoms with Crippen LogP contribution in [0.4, 0.5) is 4.79 Å². The number of amides is 4. The third-order valence-electron chi connectivity index (χ3n) is 4.93. The predicted octanol–water partition coefficient (Wildman–Crippen LogP) is 3.00. The van der Waals surface area contributed by atoms with Crippen molar-refractivity contribution in [2.24, 2.45) is 0 Å². The molecule has 0 spiro atoms. The number of imide groups is 1. The average molecular weight is 395 g/mol. The molecule has 0 aromatic heterocycles. The molecule has 0 unspecified atom stereocenters. The van der Waals surface area contributed by atoms with Gasteiger partial charge in [-0.05, 0) is 42.5 Å². The molecule has 2 aromatic carbocycles. The molecule has 1 atom stereocenters. The van der Waals surface area contributed by atoms with Crippen LogP contribution in [0.15, 0.2) is 48.5 Å². The van der Waals surface area contributed by atoms with Gasteiger partial charge in [0.2, 0.25) is 0 Å². The Balaban J connectivity index is 1.68. The molecule has 1 saturated heterocycles. The first-order valence-corrected chi connectivity index (χ1v) is 9.47. The fraction of sp³-hybridized carbons (Fsp3) is 0.318. The smallest absolute Gasteiger partial charge is 0.344 e. The number of ether oxygens (including phenoxy) is 1. The van der Waals surface area contributed by atoms with Crippen molar-refractivity contribution in [2.75, 3.05) is 6.61 Å². The second-order valence-corrected chi connectivity index (χ2v) is 7.58. The van der Waals surface area contributed by atoms with Crippen molar-refractivity contribution in [3.8, 4) is 5.75 Å². The maximum absolute atomic E-state index is 12.8. The Hall–Kier alpha value is -3.35. The summed E-state index contributed by atoms with van der Waals surface area (Å²) in [6.45, 7) is 7.30. The number of nitrogens with zero attached hydrogens (tertiary/aromatic N) is 1. The molecule has 4 amide bonds. The molecular formula is C22H25N3O4. The lowest BCUT2D eigenvalue weighted by Gasteiger charge is -2.22. The van der Waals surface area contributed by atoms with Crippen LogP contribution in [0, 0.1) is 6.92 Å². The largest absolute Gasteiger partial charge is 0.483 e. The highest BCUT2D eigenvalue weighted by Crippen LogP contribution is 2.28. The molecule has 1 heterocycles. The summed E-state index contributed by atoms with van der Waals surface area (Å²) in [6, 6.07) is 14.0. The first-order chi connectivity index (χ1) is 13.7. The first-order valence-electron chi connectivity index (χ1n) is 9.47. The number of hydrogen-bond donors (Lipinski definition) is 2. The van der Waals surface area contributed by atoms with Gasteiger partial charge in [0.15, 0.2) is 6.61 Å². The summed E-state index contributed by atoms with van der Waals surface area (Å²) < 4.78 is 5.68. The van der Waals surface area contributed by atoms with Gasteiger partial charge in [-0.1, -0.05) is 56.3 Å². The summed E-state index contributed by atoms with van der Waals surface area (Å²) in [5.41, 5.74) is 3.73. The van der Waals surface area contributed by atoms with E-state index in [1.54, 1.807) is 31.2 Å². The number of rotatable bonds is 6. The molecule has 152 valence electrons. The third-order valence-corrected chi connectivity index (χ3v) is 4.93. The first kappa shape index (κ1) is 20.4. The number of carbonyl (C=O) groups excluding carboxylic acids is 3. The van der Waals surface area contributed by atoms with Crippen LogP contribution in [0.2, 0.25) is 0 Å². The Morgan fingerprint density at radius 1 is 1.17 bits per heavy atom. The summed E-state index contributed by atoms with van der Waals surface area (Å²) in [6.07, 6.45) is 0. The Labute approximate surface area is 170 Å². The van der Waals surface area contributed by atoms with E-state index in [1.165, 1.54) is 0 Å². The van der Waals surface area contributed by atoms with Gasteiger partial charge < -0.3 is 10.1 Å². The lowest BCUT2D eigenvalue weighted by atomic mass is 9.92. The highest BCUT2D eigenvalue weighted by atomic mass is 16.5. The van der Waals surface area contributed by atoms with Gasteiger partial charge in [0.05, 0.1) is 0 Å². The zero-order valence-electron chi connectivity index (χ0n) is 17.0. The van der Waals surface area contributed by atoms with Crippen LogP contribution < -0.4 is 15.5 Å². The van der Waals surface area contributed by atoms with E-state index in [4.69, 9.17) is 4.74 Å². The molecule has 2 aromatic rings. The van der Waals surface area contributed by atoms with E-state index >= 15 is 0 Å². The lowest BCUT2D eigenvalue weighted by Crippen LogP contribution is -2.49. The number of urea groups is 1. The molecule has 1 aliphatic heterocycles.